The SMILES string of the molecule is C=CC(=O)N1CCN(c2nc(OC[C@@H]3CCCN3C(C)C)nc3c2OCCN(c2cc(O)cc4ccccc24)C3)C[C@@H]1CC#N. The average molecular weight is 612 g/mol. The highest BCUT2D eigenvalue weighted by atomic mass is 16.5. The van der Waals surface area contributed by atoms with Crippen molar-refractivity contribution in [2.75, 3.05) is 55.7 Å². The number of carbonyl (C=O) groups is 1. The molecule has 3 aliphatic heterocycles. The molecule has 2 fully saturated rings. The summed E-state index contributed by atoms with van der Waals surface area (Å²) in [5.74, 6) is 1.21. The van der Waals surface area contributed by atoms with Gasteiger partial charge in [-0.3, -0.25) is 9.69 Å². The monoisotopic (exact) mass is 611 g/mol. The van der Waals surface area contributed by atoms with Crippen LogP contribution < -0.4 is 19.3 Å². The molecule has 4 heterocycles. The summed E-state index contributed by atoms with van der Waals surface area (Å²) in [4.78, 5) is 30.8. The molecule has 2 saturated heterocycles. The molecule has 0 aliphatic carbocycles. The summed E-state index contributed by atoms with van der Waals surface area (Å²) in [5, 5.41) is 22.1. The number of hydrogen-bond acceptors (Lipinski definition) is 10. The van der Waals surface area contributed by atoms with Gasteiger partial charge in [-0.1, -0.05) is 30.8 Å². The summed E-state index contributed by atoms with van der Waals surface area (Å²) in [6.45, 7) is 12.3. The standard InChI is InChI=1S/C34H41N7O4/c1-4-31(43)41-15-14-39(20-25(41)11-12-35)33-32-29(36-34(37-33)45-22-26-9-7-13-40(26)23(2)3)21-38(16-17-44-32)30-19-27(42)18-24-8-5-6-10-28(24)30/h4-6,8,10,18-19,23,25-26,42H,1,7,9,11,13-17,20-22H2,2-3H3/t25-,26-/m0/s1. The van der Waals surface area contributed by atoms with Crippen molar-refractivity contribution in [2.45, 2.75) is 57.8 Å². The summed E-state index contributed by atoms with van der Waals surface area (Å²) in [7, 11) is 0. The lowest BCUT2D eigenvalue weighted by atomic mass is 10.1. The molecule has 0 saturated carbocycles. The third-order valence-corrected chi connectivity index (χ3v) is 9.07. The van der Waals surface area contributed by atoms with Gasteiger partial charge in [-0.2, -0.15) is 15.2 Å². The van der Waals surface area contributed by atoms with Crippen LogP contribution in [-0.4, -0.2) is 94.8 Å². The number of anilines is 2. The fraction of sp³-hybridized carbons (Fsp3) is 0.471. The number of aromatic hydroxyl groups is 1. The quantitative estimate of drug-likeness (QED) is 0.373. The van der Waals surface area contributed by atoms with Crippen LogP contribution in [0.1, 0.15) is 38.8 Å². The number of phenols is 1. The normalized spacial score (nSPS) is 20.4. The van der Waals surface area contributed by atoms with Gasteiger partial charge in [-0.25, -0.2) is 0 Å². The number of benzene rings is 2. The zero-order chi connectivity index (χ0) is 31.5. The van der Waals surface area contributed by atoms with Crippen molar-refractivity contribution in [1.29, 1.82) is 5.26 Å². The fourth-order valence-electron chi connectivity index (χ4n) is 6.88. The first-order valence-corrected chi connectivity index (χ1v) is 15.8. The van der Waals surface area contributed by atoms with E-state index in [0.717, 1.165) is 35.8 Å². The van der Waals surface area contributed by atoms with Crippen LogP contribution in [0.25, 0.3) is 10.8 Å². The molecule has 45 heavy (non-hydrogen) atoms. The van der Waals surface area contributed by atoms with Crippen LogP contribution in [-0.2, 0) is 11.3 Å². The highest BCUT2D eigenvalue weighted by molar-refractivity contribution is 5.95. The second kappa shape index (κ2) is 13.2. The van der Waals surface area contributed by atoms with Crippen LogP contribution in [0, 0.1) is 11.3 Å². The maximum Gasteiger partial charge on any atom is 0.318 e. The Morgan fingerprint density at radius 3 is 2.82 bits per heavy atom. The van der Waals surface area contributed by atoms with E-state index in [1.807, 2.05) is 18.2 Å². The number of piperazine rings is 1. The molecule has 0 spiro atoms. The Kier molecular flexibility index (Phi) is 8.94. The first-order valence-electron chi connectivity index (χ1n) is 15.8. The summed E-state index contributed by atoms with van der Waals surface area (Å²) in [6, 6.07) is 14.5. The molecule has 1 amide bonds. The van der Waals surface area contributed by atoms with E-state index in [0.29, 0.717) is 69.2 Å². The fourth-order valence-corrected chi connectivity index (χ4v) is 6.88. The predicted octanol–water partition coefficient (Wildman–Crippen LogP) is 4.10. The van der Waals surface area contributed by atoms with Crippen molar-refractivity contribution in [2.24, 2.45) is 0 Å². The first kappa shape index (κ1) is 30.5. The van der Waals surface area contributed by atoms with Crippen LogP contribution in [0.2, 0.25) is 0 Å². The van der Waals surface area contributed by atoms with Crippen molar-refractivity contribution < 1.29 is 19.4 Å². The van der Waals surface area contributed by atoms with Crippen LogP contribution in [0.3, 0.4) is 0 Å². The van der Waals surface area contributed by atoms with Crippen molar-refractivity contribution in [1.82, 2.24) is 19.8 Å². The molecule has 0 radical (unpaired) electrons. The minimum absolute atomic E-state index is 0.183. The summed E-state index contributed by atoms with van der Waals surface area (Å²) >= 11 is 0. The van der Waals surface area contributed by atoms with Crippen molar-refractivity contribution in [3.63, 3.8) is 0 Å². The van der Waals surface area contributed by atoms with E-state index in [9.17, 15) is 15.2 Å². The van der Waals surface area contributed by atoms with Crippen LogP contribution in [0.5, 0.6) is 17.5 Å². The molecule has 11 nitrogen and oxygen atoms in total. The van der Waals surface area contributed by atoms with Gasteiger partial charge < -0.3 is 29.3 Å². The topological polar surface area (TPSA) is 118 Å². The van der Waals surface area contributed by atoms with E-state index >= 15 is 0 Å². The molecule has 0 bridgehead atoms. The number of nitrogens with zero attached hydrogens (tertiary/aromatic N) is 7. The van der Waals surface area contributed by atoms with E-state index in [1.54, 1.807) is 17.0 Å². The molecular formula is C34H41N7O4. The number of hydrogen-bond donors (Lipinski definition) is 1. The number of aromatic nitrogens is 2. The highest BCUT2D eigenvalue weighted by Gasteiger charge is 2.34. The van der Waals surface area contributed by atoms with Crippen LogP contribution in [0.15, 0.2) is 49.1 Å². The van der Waals surface area contributed by atoms with Crippen LogP contribution in [0.4, 0.5) is 11.5 Å². The molecule has 2 atom stereocenters. The van der Waals surface area contributed by atoms with Gasteiger partial charge in [-0.05, 0) is 50.8 Å². The molecular weight excluding hydrogens is 570 g/mol. The van der Waals surface area contributed by atoms with Gasteiger partial charge in [0.2, 0.25) is 5.91 Å². The second-order valence-electron chi connectivity index (χ2n) is 12.2. The Hall–Kier alpha value is -4.56. The van der Waals surface area contributed by atoms with Gasteiger partial charge in [0.1, 0.15) is 24.7 Å². The van der Waals surface area contributed by atoms with Gasteiger partial charge in [0.15, 0.2) is 11.6 Å². The number of phenolic OH excluding ortho intramolecular Hbond substituents is 1. The molecule has 2 aromatic carbocycles. The van der Waals surface area contributed by atoms with Crippen molar-refractivity contribution in [3.05, 3.63) is 54.7 Å². The third kappa shape index (κ3) is 6.33. The first-order chi connectivity index (χ1) is 21.9. The Balaban J connectivity index is 1.36. The molecule has 236 valence electrons. The van der Waals surface area contributed by atoms with Gasteiger partial charge in [0.05, 0.1) is 31.6 Å². The summed E-state index contributed by atoms with van der Waals surface area (Å²) in [5.41, 5.74) is 1.59. The molecule has 6 rings (SSSR count). The maximum absolute atomic E-state index is 12.6. The van der Waals surface area contributed by atoms with E-state index in [2.05, 4.69) is 47.3 Å². The Morgan fingerprint density at radius 2 is 2.02 bits per heavy atom. The van der Waals surface area contributed by atoms with Crippen LogP contribution >= 0.6 is 0 Å². The second-order valence-corrected chi connectivity index (χ2v) is 12.2. The minimum Gasteiger partial charge on any atom is -0.508 e. The van der Waals surface area contributed by atoms with Gasteiger partial charge in [-0.15, -0.1) is 0 Å². The molecule has 11 heteroatoms. The molecule has 1 aromatic heterocycles. The molecule has 0 unspecified atom stereocenters. The number of carbonyl (C=O) groups excluding carboxylic acids is 1. The van der Waals surface area contributed by atoms with Gasteiger partial charge >= 0.3 is 6.01 Å². The lowest BCUT2D eigenvalue weighted by Crippen LogP contribution is -2.55. The van der Waals surface area contributed by atoms with E-state index < -0.39 is 0 Å². The lowest BCUT2D eigenvalue weighted by Gasteiger charge is -2.41. The van der Waals surface area contributed by atoms with Crippen molar-refractivity contribution >= 4 is 28.2 Å². The van der Waals surface area contributed by atoms with E-state index in [4.69, 9.17) is 19.4 Å². The zero-order valence-electron chi connectivity index (χ0n) is 26.1. The lowest BCUT2D eigenvalue weighted by molar-refractivity contribution is -0.128. The zero-order valence-corrected chi connectivity index (χ0v) is 26.1. The van der Waals surface area contributed by atoms with E-state index in [-0.39, 0.29) is 36.2 Å². The Labute approximate surface area is 264 Å². The number of ether oxygens (including phenoxy) is 2. The highest BCUT2D eigenvalue weighted by Crippen LogP contribution is 2.38. The Bertz CT molecular complexity index is 1610. The molecule has 1 N–H and O–H groups in total. The Morgan fingerprint density at radius 1 is 1.18 bits per heavy atom. The third-order valence-electron chi connectivity index (χ3n) is 9.07. The smallest absolute Gasteiger partial charge is 0.318 e. The number of fused-ring (bicyclic) bond motifs is 2. The minimum atomic E-state index is -0.316. The summed E-state index contributed by atoms with van der Waals surface area (Å²) in [6.07, 6.45) is 3.69. The molecule has 3 aliphatic rings. The van der Waals surface area contributed by atoms with Gasteiger partial charge in [0.25, 0.3) is 0 Å². The molecule has 3 aromatic rings. The van der Waals surface area contributed by atoms with Gasteiger partial charge in [0, 0.05) is 48.9 Å². The summed E-state index contributed by atoms with van der Waals surface area (Å²) < 4.78 is 12.8. The number of rotatable bonds is 8. The maximum atomic E-state index is 12.6. The number of amides is 1. The predicted molar refractivity (Wildman–Crippen MR) is 173 cm³/mol. The number of likely N-dealkylation sites (tertiary alicyclic amines) is 1. The van der Waals surface area contributed by atoms with E-state index in [1.165, 1.54) is 6.08 Å². The average Bonchev–Trinajstić information content (AvgIpc) is 3.42. The largest absolute Gasteiger partial charge is 0.508 e. The van der Waals surface area contributed by atoms with Crippen molar-refractivity contribution in [3.8, 4) is 23.6 Å². The number of nitriles is 1.